The van der Waals surface area contributed by atoms with Gasteiger partial charge in [-0.1, -0.05) is 29.8 Å². The average molecular weight is 218 g/mol. The van der Waals surface area contributed by atoms with Gasteiger partial charge in [-0.3, -0.25) is 0 Å². The maximum atomic E-state index is 11.3. The van der Waals surface area contributed by atoms with E-state index in [9.17, 15) is 4.79 Å². The number of hydrogen-bond acceptors (Lipinski definition) is 4. The third kappa shape index (κ3) is 2.05. The van der Waals surface area contributed by atoms with Gasteiger partial charge >= 0.3 is 5.97 Å². The van der Waals surface area contributed by atoms with Gasteiger partial charge < -0.3 is 10.2 Å². The van der Waals surface area contributed by atoms with E-state index >= 15 is 0 Å². The van der Waals surface area contributed by atoms with Crippen LogP contribution >= 0.6 is 0 Å². The summed E-state index contributed by atoms with van der Waals surface area (Å²) < 4.78 is 4.63. The Bertz CT molecular complexity index is 423. The normalized spacial score (nSPS) is 18.9. The first-order valence-corrected chi connectivity index (χ1v) is 5.17. The Balaban J connectivity index is 2.06. The van der Waals surface area contributed by atoms with Crippen LogP contribution in [-0.2, 0) is 9.53 Å². The first-order valence-electron chi connectivity index (χ1n) is 5.17. The summed E-state index contributed by atoms with van der Waals surface area (Å²) in [6.45, 7) is 2.04. The summed E-state index contributed by atoms with van der Waals surface area (Å²) >= 11 is 0. The van der Waals surface area contributed by atoms with E-state index in [4.69, 9.17) is 0 Å². The lowest BCUT2D eigenvalue weighted by Crippen LogP contribution is -2.14. The number of nitrogens with one attached hydrogen (secondary N) is 1. The fraction of sp³-hybridized carbons (Fsp3) is 0.333. The largest absolute Gasteiger partial charge is 0.464 e. The van der Waals surface area contributed by atoms with Crippen molar-refractivity contribution in [2.24, 2.45) is 5.10 Å². The highest BCUT2D eigenvalue weighted by atomic mass is 16.5. The molecule has 0 saturated heterocycles. The molecule has 0 spiro atoms. The minimum atomic E-state index is -0.359. The van der Waals surface area contributed by atoms with Crippen molar-refractivity contribution >= 4 is 11.7 Å². The van der Waals surface area contributed by atoms with Crippen LogP contribution in [0.4, 0.5) is 0 Å². The smallest absolute Gasteiger partial charge is 0.354 e. The molecule has 1 aromatic carbocycles. The molecule has 4 heteroatoms. The Hall–Kier alpha value is -1.84. The highest BCUT2D eigenvalue weighted by Gasteiger charge is 2.25. The SMILES string of the molecule is COC(=O)C1=NN[C@H](c2ccc(C)cc2)C1. The lowest BCUT2D eigenvalue weighted by Gasteiger charge is -2.09. The van der Waals surface area contributed by atoms with Gasteiger partial charge in [0, 0.05) is 6.42 Å². The van der Waals surface area contributed by atoms with Crippen molar-refractivity contribution in [2.75, 3.05) is 7.11 Å². The molecule has 84 valence electrons. The summed E-state index contributed by atoms with van der Waals surface area (Å²) in [6, 6.07) is 8.26. The standard InChI is InChI=1S/C12H14N2O2/c1-8-3-5-9(6-4-8)10-7-11(14-13-10)12(15)16-2/h3-6,10,13H,7H2,1-2H3/t10-/m0/s1. The van der Waals surface area contributed by atoms with Crippen LogP contribution in [0.3, 0.4) is 0 Å². The molecule has 0 bridgehead atoms. The van der Waals surface area contributed by atoms with Gasteiger partial charge in [0.05, 0.1) is 13.2 Å². The van der Waals surface area contributed by atoms with Crippen LogP contribution in [0.1, 0.15) is 23.6 Å². The number of hydrazone groups is 1. The first-order chi connectivity index (χ1) is 7.70. The zero-order valence-electron chi connectivity index (χ0n) is 9.36. The van der Waals surface area contributed by atoms with Crippen molar-refractivity contribution in [3.63, 3.8) is 0 Å². The summed E-state index contributed by atoms with van der Waals surface area (Å²) in [5.74, 6) is -0.359. The second-order valence-corrected chi connectivity index (χ2v) is 3.85. The van der Waals surface area contributed by atoms with Gasteiger partial charge in [-0.25, -0.2) is 4.79 Å². The van der Waals surface area contributed by atoms with Crippen molar-refractivity contribution in [2.45, 2.75) is 19.4 Å². The molecule has 0 aromatic heterocycles. The molecule has 16 heavy (non-hydrogen) atoms. The van der Waals surface area contributed by atoms with Crippen LogP contribution in [0.2, 0.25) is 0 Å². The number of aryl methyl sites for hydroxylation is 1. The zero-order valence-corrected chi connectivity index (χ0v) is 9.36. The van der Waals surface area contributed by atoms with Gasteiger partial charge in [0.1, 0.15) is 5.71 Å². The van der Waals surface area contributed by atoms with Crippen molar-refractivity contribution in [1.29, 1.82) is 0 Å². The predicted octanol–water partition coefficient (Wildman–Crippen LogP) is 1.56. The molecule has 1 heterocycles. The zero-order chi connectivity index (χ0) is 11.5. The molecule has 0 unspecified atom stereocenters. The van der Waals surface area contributed by atoms with E-state index in [1.54, 1.807) is 0 Å². The summed E-state index contributed by atoms with van der Waals surface area (Å²) in [6.07, 6.45) is 0.579. The molecule has 1 aromatic rings. The molecule has 1 aliphatic heterocycles. The van der Waals surface area contributed by atoms with Crippen molar-refractivity contribution in [3.05, 3.63) is 35.4 Å². The second-order valence-electron chi connectivity index (χ2n) is 3.85. The van der Waals surface area contributed by atoms with Crippen molar-refractivity contribution in [1.82, 2.24) is 5.43 Å². The summed E-state index contributed by atoms with van der Waals surface area (Å²) in [5, 5.41) is 3.98. The molecule has 2 rings (SSSR count). The van der Waals surface area contributed by atoms with E-state index in [2.05, 4.69) is 15.3 Å². The molecule has 4 nitrogen and oxygen atoms in total. The summed E-state index contributed by atoms with van der Waals surface area (Å²) in [4.78, 5) is 11.3. The maximum Gasteiger partial charge on any atom is 0.354 e. The van der Waals surface area contributed by atoms with E-state index < -0.39 is 0 Å². The number of esters is 1. The molecule has 0 radical (unpaired) electrons. The maximum absolute atomic E-state index is 11.3. The molecule has 0 amide bonds. The number of carbonyl (C=O) groups excluding carboxylic acids is 1. The van der Waals surface area contributed by atoms with Gasteiger partial charge in [0.2, 0.25) is 0 Å². The third-order valence-corrected chi connectivity index (χ3v) is 2.65. The summed E-state index contributed by atoms with van der Waals surface area (Å²) in [7, 11) is 1.37. The molecular weight excluding hydrogens is 204 g/mol. The first kappa shape index (κ1) is 10.7. The van der Waals surface area contributed by atoms with Crippen LogP contribution in [0.25, 0.3) is 0 Å². The number of hydrogen-bond donors (Lipinski definition) is 1. The Kier molecular flexibility index (Phi) is 2.90. The average Bonchev–Trinajstić information content (AvgIpc) is 2.78. The van der Waals surface area contributed by atoms with Gasteiger partial charge in [-0.05, 0) is 12.5 Å². The van der Waals surface area contributed by atoms with Crippen LogP contribution in [0.15, 0.2) is 29.4 Å². The molecule has 1 atom stereocenters. The molecule has 0 saturated carbocycles. The van der Waals surface area contributed by atoms with E-state index in [0.29, 0.717) is 12.1 Å². The van der Waals surface area contributed by atoms with Crippen LogP contribution in [0.5, 0.6) is 0 Å². The topological polar surface area (TPSA) is 50.7 Å². The minimum Gasteiger partial charge on any atom is -0.464 e. The second kappa shape index (κ2) is 4.35. The summed E-state index contributed by atoms with van der Waals surface area (Å²) in [5.41, 5.74) is 5.75. The molecule has 0 fully saturated rings. The van der Waals surface area contributed by atoms with E-state index in [-0.39, 0.29) is 12.0 Å². The van der Waals surface area contributed by atoms with Gasteiger partial charge in [-0.2, -0.15) is 5.10 Å². The molecular formula is C12H14N2O2. The van der Waals surface area contributed by atoms with Gasteiger partial charge in [-0.15, -0.1) is 0 Å². The predicted molar refractivity (Wildman–Crippen MR) is 61.1 cm³/mol. The van der Waals surface area contributed by atoms with Gasteiger partial charge in [0.15, 0.2) is 0 Å². The lowest BCUT2D eigenvalue weighted by molar-refractivity contribution is -0.132. The van der Waals surface area contributed by atoms with Crippen LogP contribution < -0.4 is 5.43 Å². The van der Waals surface area contributed by atoms with Crippen molar-refractivity contribution < 1.29 is 9.53 Å². The van der Waals surface area contributed by atoms with E-state index in [1.165, 1.54) is 12.7 Å². The lowest BCUT2D eigenvalue weighted by atomic mass is 10.0. The van der Waals surface area contributed by atoms with Crippen LogP contribution in [0, 0.1) is 6.92 Å². The van der Waals surface area contributed by atoms with Crippen LogP contribution in [-0.4, -0.2) is 18.8 Å². The number of nitrogens with zero attached hydrogens (tertiary/aromatic N) is 1. The number of carbonyl (C=O) groups is 1. The quantitative estimate of drug-likeness (QED) is 0.766. The number of rotatable bonds is 2. The Morgan fingerprint density at radius 3 is 2.75 bits per heavy atom. The minimum absolute atomic E-state index is 0.0784. The fourth-order valence-corrected chi connectivity index (χ4v) is 1.68. The molecule has 1 aliphatic rings. The number of methoxy groups -OCH3 is 1. The van der Waals surface area contributed by atoms with Crippen molar-refractivity contribution in [3.8, 4) is 0 Å². The van der Waals surface area contributed by atoms with E-state index in [1.807, 2.05) is 31.2 Å². The molecule has 0 aliphatic carbocycles. The highest BCUT2D eigenvalue weighted by Crippen LogP contribution is 2.22. The third-order valence-electron chi connectivity index (χ3n) is 2.65. The fourth-order valence-electron chi connectivity index (χ4n) is 1.68. The Labute approximate surface area is 94.3 Å². The Morgan fingerprint density at radius 2 is 2.12 bits per heavy atom. The Morgan fingerprint density at radius 1 is 1.44 bits per heavy atom. The monoisotopic (exact) mass is 218 g/mol. The highest BCUT2D eigenvalue weighted by molar-refractivity contribution is 6.36. The number of benzene rings is 1. The van der Waals surface area contributed by atoms with Gasteiger partial charge in [0.25, 0.3) is 0 Å². The number of ether oxygens (including phenoxy) is 1. The molecule has 1 N–H and O–H groups in total. The van der Waals surface area contributed by atoms with E-state index in [0.717, 1.165) is 5.56 Å².